The molecule has 0 spiro atoms. The van der Waals surface area contributed by atoms with E-state index < -0.39 is 30.4 Å². The van der Waals surface area contributed by atoms with E-state index in [-0.39, 0.29) is 0 Å². The van der Waals surface area contributed by atoms with Crippen molar-refractivity contribution in [2.24, 2.45) is 5.73 Å². The van der Waals surface area contributed by atoms with Gasteiger partial charge in [-0.15, -0.1) is 0 Å². The van der Waals surface area contributed by atoms with Crippen molar-refractivity contribution in [3.8, 4) is 0 Å². The van der Waals surface area contributed by atoms with E-state index in [2.05, 4.69) is 13.8 Å². The number of carbonyl (C=O) groups is 1. The van der Waals surface area contributed by atoms with E-state index in [4.69, 9.17) is 10.8 Å². The number of carboxylic acid groups (broad SMARTS) is 1. The molecule has 0 aromatic rings. The van der Waals surface area contributed by atoms with Gasteiger partial charge in [-0.05, 0) is 0 Å². The molecular formula is C7H16NO2SSn. The van der Waals surface area contributed by atoms with Crippen molar-refractivity contribution in [3.63, 3.8) is 0 Å². The van der Waals surface area contributed by atoms with Crippen LogP contribution in [-0.2, 0) is 4.79 Å². The fraction of sp³-hybridized carbons (Fsp3) is 0.857. The minimum atomic E-state index is -1.24. The molecule has 0 unspecified atom stereocenters. The van der Waals surface area contributed by atoms with E-state index in [1.807, 2.05) is 8.95 Å². The van der Waals surface area contributed by atoms with E-state index in [0.717, 1.165) is 0 Å². The second kappa shape index (κ2) is 7.03. The Morgan fingerprint density at radius 1 is 1.58 bits per heavy atom. The summed E-state index contributed by atoms with van der Waals surface area (Å²) in [4.78, 5) is 10.4. The fourth-order valence-corrected chi connectivity index (χ4v) is 10.2. The van der Waals surface area contributed by atoms with Crippen LogP contribution < -0.4 is 5.73 Å². The standard InChI is InChI=1S/C3H7NO2S.2C2H5.Sn/c4-2(1-7)3(5)6;2*1-2;/h2,7H,1,4H2,(H,5,6);2*1H2,2H3;/q;;;+1/p-1/t2-;;;/m1.../s1. The molecule has 71 valence electrons. The van der Waals surface area contributed by atoms with Gasteiger partial charge in [0.15, 0.2) is 0 Å². The molecule has 3 N–H and O–H groups in total. The van der Waals surface area contributed by atoms with Gasteiger partial charge in [0.2, 0.25) is 0 Å². The first-order valence-corrected chi connectivity index (χ1v) is 12.6. The Bertz CT molecular complexity index is 141. The van der Waals surface area contributed by atoms with Crippen LogP contribution in [0.5, 0.6) is 0 Å². The Morgan fingerprint density at radius 3 is 2.42 bits per heavy atom. The van der Waals surface area contributed by atoms with Crippen LogP contribution in [0.15, 0.2) is 0 Å². The van der Waals surface area contributed by atoms with Crippen molar-refractivity contribution in [2.45, 2.75) is 28.8 Å². The Hall–Kier alpha value is 0.579. The summed E-state index contributed by atoms with van der Waals surface area (Å²) in [5.41, 5.74) is 5.39. The molecule has 1 atom stereocenters. The van der Waals surface area contributed by atoms with Gasteiger partial charge in [0, 0.05) is 0 Å². The van der Waals surface area contributed by atoms with Gasteiger partial charge in [0.25, 0.3) is 0 Å². The number of carboxylic acids is 1. The molecule has 0 aliphatic heterocycles. The summed E-state index contributed by atoms with van der Waals surface area (Å²) in [6.07, 6.45) is 0. The average Bonchev–Trinajstić information content (AvgIpc) is 2.05. The minimum absolute atomic E-state index is 0.603. The molecule has 0 amide bonds. The maximum atomic E-state index is 10.4. The van der Waals surface area contributed by atoms with Crippen LogP contribution in [0, 0.1) is 0 Å². The van der Waals surface area contributed by atoms with Crippen LogP contribution in [0.4, 0.5) is 0 Å². The van der Waals surface area contributed by atoms with Crippen LogP contribution in [0.3, 0.4) is 0 Å². The van der Waals surface area contributed by atoms with Gasteiger partial charge < -0.3 is 0 Å². The monoisotopic (exact) mass is 298 g/mol. The van der Waals surface area contributed by atoms with Crippen LogP contribution in [0.25, 0.3) is 0 Å². The van der Waals surface area contributed by atoms with E-state index >= 15 is 0 Å². The number of hydrogen-bond acceptors (Lipinski definition) is 3. The second-order valence-electron chi connectivity index (χ2n) is 2.50. The first-order valence-electron chi connectivity index (χ1n) is 4.07. The maximum absolute atomic E-state index is 10.4. The first-order chi connectivity index (χ1) is 5.61. The number of rotatable bonds is 6. The van der Waals surface area contributed by atoms with Gasteiger partial charge in [-0.3, -0.25) is 0 Å². The third-order valence-corrected chi connectivity index (χ3v) is 15.8. The third-order valence-electron chi connectivity index (χ3n) is 1.57. The zero-order valence-corrected chi connectivity index (χ0v) is 11.2. The molecule has 0 saturated heterocycles. The van der Waals surface area contributed by atoms with Crippen LogP contribution in [0.1, 0.15) is 13.8 Å². The van der Waals surface area contributed by atoms with Crippen molar-refractivity contribution in [2.75, 3.05) is 5.75 Å². The van der Waals surface area contributed by atoms with Gasteiger partial charge in [0.05, 0.1) is 0 Å². The number of hydrogen-bond donors (Lipinski definition) is 2. The SMILES string of the molecule is C[CH2][Sn]([CH2]C)[S]C[C@@H](N)C(=O)O. The Balaban J connectivity index is 3.58. The molecule has 3 nitrogen and oxygen atoms in total. The Labute approximate surface area is 83.3 Å². The van der Waals surface area contributed by atoms with E-state index in [1.165, 1.54) is 8.87 Å². The van der Waals surface area contributed by atoms with Crippen molar-refractivity contribution in [1.82, 2.24) is 0 Å². The Morgan fingerprint density at radius 2 is 2.08 bits per heavy atom. The molecule has 5 heteroatoms. The van der Waals surface area contributed by atoms with Crippen molar-refractivity contribution in [1.29, 1.82) is 0 Å². The molecule has 0 bridgehead atoms. The molecule has 0 aromatic heterocycles. The van der Waals surface area contributed by atoms with Gasteiger partial charge in [-0.1, -0.05) is 0 Å². The molecule has 1 radical (unpaired) electrons. The number of aliphatic carboxylic acids is 1. The van der Waals surface area contributed by atoms with Crippen LogP contribution in [-0.4, -0.2) is 41.2 Å². The Kier molecular flexibility index (Phi) is 7.37. The van der Waals surface area contributed by atoms with Gasteiger partial charge in [-0.25, -0.2) is 0 Å². The van der Waals surface area contributed by atoms with Crippen LogP contribution >= 0.6 is 8.95 Å². The van der Waals surface area contributed by atoms with Crippen molar-refractivity contribution in [3.05, 3.63) is 0 Å². The summed E-state index contributed by atoms with van der Waals surface area (Å²) < 4.78 is 2.55. The predicted octanol–water partition coefficient (Wildman–Crippen LogP) is 1.16. The predicted molar refractivity (Wildman–Crippen MR) is 54.8 cm³/mol. The fourth-order valence-electron chi connectivity index (χ4n) is 0.733. The van der Waals surface area contributed by atoms with E-state index in [1.54, 1.807) is 0 Å². The van der Waals surface area contributed by atoms with E-state index in [0.29, 0.717) is 5.75 Å². The molecule has 0 aromatic carbocycles. The third kappa shape index (κ3) is 5.26. The number of nitrogens with two attached hydrogens (primary N) is 1. The average molecular weight is 297 g/mol. The molecule has 0 saturated carbocycles. The van der Waals surface area contributed by atoms with Crippen molar-refractivity contribution >= 4 is 33.3 Å². The quantitative estimate of drug-likeness (QED) is 0.722. The summed E-state index contributed by atoms with van der Waals surface area (Å²) in [5.74, 6) is -0.274. The normalized spacial score (nSPS) is 13.3. The summed E-state index contributed by atoms with van der Waals surface area (Å²) in [6.45, 7) is 4.38. The molecule has 0 rings (SSSR count). The van der Waals surface area contributed by atoms with E-state index in [9.17, 15) is 4.79 Å². The van der Waals surface area contributed by atoms with Crippen LogP contribution in [0.2, 0.25) is 8.87 Å². The topological polar surface area (TPSA) is 63.3 Å². The molecule has 0 aliphatic carbocycles. The second-order valence-corrected chi connectivity index (χ2v) is 16.6. The van der Waals surface area contributed by atoms with Crippen molar-refractivity contribution < 1.29 is 9.90 Å². The molecular weight excluding hydrogens is 281 g/mol. The summed E-state index contributed by atoms with van der Waals surface area (Å²) >= 11 is -1.24. The van der Waals surface area contributed by atoms with Gasteiger partial charge in [-0.2, -0.15) is 0 Å². The summed E-state index contributed by atoms with van der Waals surface area (Å²) in [5, 5.41) is 8.52. The zero-order valence-electron chi connectivity index (χ0n) is 7.54. The molecule has 0 heterocycles. The molecule has 0 fully saturated rings. The summed E-state index contributed by atoms with van der Waals surface area (Å²) in [7, 11) is 1.85. The summed E-state index contributed by atoms with van der Waals surface area (Å²) in [6, 6.07) is -0.663. The molecule has 0 aliphatic rings. The van der Waals surface area contributed by atoms with Gasteiger partial charge >= 0.3 is 83.4 Å². The first kappa shape index (κ1) is 12.6. The zero-order chi connectivity index (χ0) is 9.56. The van der Waals surface area contributed by atoms with Gasteiger partial charge in [0.1, 0.15) is 0 Å². The molecule has 12 heavy (non-hydrogen) atoms.